The second-order valence-corrected chi connectivity index (χ2v) is 6.57. The molecule has 2 aliphatic rings. The van der Waals surface area contributed by atoms with Crippen LogP contribution in [0, 0.1) is 0 Å². The molecule has 0 aromatic carbocycles. The lowest BCUT2D eigenvalue weighted by molar-refractivity contribution is 0.00901. The van der Waals surface area contributed by atoms with Crippen LogP contribution in [-0.2, 0) is 4.74 Å². The van der Waals surface area contributed by atoms with Gasteiger partial charge in [-0.15, -0.1) is 0 Å². The Bertz CT molecular complexity index is 413. The van der Waals surface area contributed by atoms with Gasteiger partial charge in [0.05, 0.1) is 0 Å². The number of hydrogen-bond acceptors (Lipinski definition) is 4. The SMILES string of the molecule is CC(C)(C)OC(=O)N1CCN(C2(CN=[N+]=[N-])CC2)CC1. The van der Waals surface area contributed by atoms with Crippen LogP contribution in [0.2, 0.25) is 0 Å². The Morgan fingerprint density at radius 2 is 1.90 bits per heavy atom. The normalized spacial score (nSPS) is 22.1. The highest BCUT2D eigenvalue weighted by Gasteiger charge is 2.48. The molecular formula is C13H23N5O2. The second kappa shape index (κ2) is 5.50. The summed E-state index contributed by atoms with van der Waals surface area (Å²) in [5, 5.41) is 3.72. The van der Waals surface area contributed by atoms with Crippen molar-refractivity contribution in [2.75, 3.05) is 32.7 Å². The molecule has 1 aliphatic carbocycles. The second-order valence-electron chi connectivity index (χ2n) is 6.57. The molecule has 0 N–H and O–H groups in total. The van der Waals surface area contributed by atoms with Crippen LogP contribution in [0.4, 0.5) is 4.79 Å². The summed E-state index contributed by atoms with van der Waals surface area (Å²) in [5.41, 5.74) is 8.06. The van der Waals surface area contributed by atoms with Crippen LogP contribution in [0.25, 0.3) is 10.4 Å². The lowest BCUT2D eigenvalue weighted by Crippen LogP contribution is -2.54. The van der Waals surface area contributed by atoms with Crippen molar-refractivity contribution >= 4 is 6.09 Å². The van der Waals surface area contributed by atoms with Crippen LogP contribution >= 0.6 is 0 Å². The van der Waals surface area contributed by atoms with E-state index in [-0.39, 0.29) is 11.6 Å². The standard InChI is InChI=1S/C13H23N5O2/c1-12(2,3)20-11(19)17-6-8-18(9-7-17)13(4-5-13)10-15-16-14/h4-10H2,1-3H3. The Hall–Kier alpha value is -1.46. The van der Waals surface area contributed by atoms with Crippen molar-refractivity contribution in [3.63, 3.8) is 0 Å². The molecular weight excluding hydrogens is 258 g/mol. The smallest absolute Gasteiger partial charge is 0.410 e. The van der Waals surface area contributed by atoms with E-state index in [0.29, 0.717) is 19.6 Å². The number of nitrogens with zero attached hydrogens (tertiary/aromatic N) is 5. The molecule has 0 aromatic rings. The van der Waals surface area contributed by atoms with Gasteiger partial charge in [0, 0.05) is 43.2 Å². The molecule has 0 radical (unpaired) electrons. The lowest BCUT2D eigenvalue weighted by atomic mass is 10.2. The molecule has 20 heavy (non-hydrogen) atoms. The monoisotopic (exact) mass is 281 g/mol. The summed E-state index contributed by atoms with van der Waals surface area (Å²) in [6, 6.07) is 0. The van der Waals surface area contributed by atoms with Gasteiger partial charge in [-0.3, -0.25) is 4.90 Å². The van der Waals surface area contributed by atoms with Crippen LogP contribution in [0.3, 0.4) is 0 Å². The van der Waals surface area contributed by atoms with E-state index in [2.05, 4.69) is 14.9 Å². The average molecular weight is 281 g/mol. The molecule has 2 rings (SSSR count). The average Bonchev–Trinajstić information content (AvgIpc) is 3.16. The van der Waals surface area contributed by atoms with Gasteiger partial charge in [0.2, 0.25) is 0 Å². The number of carbonyl (C=O) groups is 1. The van der Waals surface area contributed by atoms with E-state index >= 15 is 0 Å². The first-order chi connectivity index (χ1) is 9.36. The predicted octanol–water partition coefficient (Wildman–Crippen LogP) is 2.38. The Morgan fingerprint density at radius 3 is 2.35 bits per heavy atom. The van der Waals surface area contributed by atoms with Gasteiger partial charge in [-0.25, -0.2) is 4.79 Å². The summed E-state index contributed by atoms with van der Waals surface area (Å²) in [4.78, 5) is 18.9. The van der Waals surface area contributed by atoms with E-state index in [1.807, 2.05) is 20.8 Å². The molecule has 0 unspecified atom stereocenters. The van der Waals surface area contributed by atoms with Gasteiger partial charge in [0.15, 0.2) is 0 Å². The van der Waals surface area contributed by atoms with Gasteiger partial charge in [-0.2, -0.15) is 0 Å². The van der Waals surface area contributed by atoms with Gasteiger partial charge in [0.25, 0.3) is 0 Å². The molecule has 1 heterocycles. The van der Waals surface area contributed by atoms with Crippen LogP contribution in [0.15, 0.2) is 5.11 Å². The summed E-state index contributed by atoms with van der Waals surface area (Å²) in [6.07, 6.45) is 1.92. The molecule has 2 fully saturated rings. The number of hydrogen-bond donors (Lipinski definition) is 0. The van der Waals surface area contributed by atoms with Crippen LogP contribution in [0.1, 0.15) is 33.6 Å². The molecule has 1 aliphatic heterocycles. The molecule has 0 spiro atoms. The van der Waals surface area contributed by atoms with Crippen molar-refractivity contribution in [3.05, 3.63) is 10.4 Å². The highest BCUT2D eigenvalue weighted by molar-refractivity contribution is 5.68. The molecule has 0 bridgehead atoms. The third kappa shape index (κ3) is 3.55. The molecule has 7 heteroatoms. The minimum absolute atomic E-state index is 0.0618. The topological polar surface area (TPSA) is 81.5 Å². The van der Waals surface area contributed by atoms with Crippen LogP contribution < -0.4 is 0 Å². The zero-order chi connectivity index (χ0) is 14.8. The minimum Gasteiger partial charge on any atom is -0.444 e. The first kappa shape index (κ1) is 14.9. The van der Waals surface area contributed by atoms with E-state index < -0.39 is 5.60 Å². The quantitative estimate of drug-likeness (QED) is 0.452. The third-order valence-corrected chi connectivity index (χ3v) is 3.86. The van der Waals surface area contributed by atoms with Gasteiger partial charge >= 0.3 is 6.09 Å². The zero-order valence-corrected chi connectivity index (χ0v) is 12.5. The Balaban J connectivity index is 1.84. The number of rotatable bonds is 3. The number of piperazine rings is 1. The Morgan fingerprint density at radius 1 is 1.30 bits per heavy atom. The maximum Gasteiger partial charge on any atom is 0.410 e. The molecule has 0 aromatic heterocycles. The van der Waals surface area contributed by atoms with Crippen molar-refractivity contribution in [2.24, 2.45) is 5.11 Å². The van der Waals surface area contributed by atoms with Crippen molar-refractivity contribution in [3.8, 4) is 0 Å². The number of ether oxygens (including phenoxy) is 1. The van der Waals surface area contributed by atoms with Crippen molar-refractivity contribution < 1.29 is 9.53 Å². The summed E-state index contributed by atoms with van der Waals surface area (Å²) >= 11 is 0. The number of carbonyl (C=O) groups excluding carboxylic acids is 1. The Kier molecular flexibility index (Phi) is 4.11. The minimum atomic E-state index is -0.451. The molecule has 112 valence electrons. The van der Waals surface area contributed by atoms with E-state index in [1.165, 1.54) is 0 Å². The highest BCUT2D eigenvalue weighted by atomic mass is 16.6. The van der Waals surface area contributed by atoms with Crippen molar-refractivity contribution in [2.45, 2.75) is 44.8 Å². The fraction of sp³-hybridized carbons (Fsp3) is 0.923. The van der Waals surface area contributed by atoms with Gasteiger partial charge in [-0.1, -0.05) is 5.11 Å². The molecule has 7 nitrogen and oxygen atoms in total. The van der Waals surface area contributed by atoms with Crippen LogP contribution in [0.5, 0.6) is 0 Å². The summed E-state index contributed by atoms with van der Waals surface area (Å²) in [7, 11) is 0. The van der Waals surface area contributed by atoms with Crippen molar-refractivity contribution in [1.29, 1.82) is 0 Å². The maximum absolute atomic E-state index is 12.0. The molecule has 1 amide bonds. The Labute approximate surface area is 119 Å². The van der Waals surface area contributed by atoms with E-state index in [9.17, 15) is 4.79 Å². The first-order valence-corrected chi connectivity index (χ1v) is 7.10. The van der Waals surface area contributed by atoms with Gasteiger partial charge in [-0.05, 0) is 39.1 Å². The lowest BCUT2D eigenvalue weighted by Gasteiger charge is -2.39. The van der Waals surface area contributed by atoms with Crippen molar-refractivity contribution in [1.82, 2.24) is 9.80 Å². The summed E-state index contributed by atoms with van der Waals surface area (Å²) in [6.45, 7) is 9.15. The zero-order valence-electron chi connectivity index (χ0n) is 12.5. The molecule has 1 saturated heterocycles. The predicted molar refractivity (Wildman–Crippen MR) is 75.4 cm³/mol. The van der Waals surface area contributed by atoms with E-state index in [1.54, 1.807) is 4.90 Å². The van der Waals surface area contributed by atoms with Crippen LogP contribution in [-0.4, -0.2) is 59.8 Å². The number of azide groups is 1. The maximum atomic E-state index is 12.0. The molecule has 1 saturated carbocycles. The van der Waals surface area contributed by atoms with E-state index in [0.717, 1.165) is 25.9 Å². The number of amides is 1. The fourth-order valence-corrected chi connectivity index (χ4v) is 2.57. The van der Waals surface area contributed by atoms with Gasteiger partial charge < -0.3 is 9.64 Å². The van der Waals surface area contributed by atoms with E-state index in [4.69, 9.17) is 10.3 Å². The first-order valence-electron chi connectivity index (χ1n) is 7.10. The summed E-state index contributed by atoms with van der Waals surface area (Å²) in [5.74, 6) is 0. The molecule has 0 atom stereocenters. The third-order valence-electron chi connectivity index (χ3n) is 3.86. The largest absolute Gasteiger partial charge is 0.444 e. The highest BCUT2D eigenvalue weighted by Crippen LogP contribution is 2.42. The fourth-order valence-electron chi connectivity index (χ4n) is 2.57. The summed E-state index contributed by atoms with van der Waals surface area (Å²) < 4.78 is 5.38. The van der Waals surface area contributed by atoms with Gasteiger partial charge in [0.1, 0.15) is 5.60 Å².